The molecule has 3 N–H and O–H groups in total. The second kappa shape index (κ2) is 9.64. The first kappa shape index (κ1) is 21.0. The van der Waals surface area contributed by atoms with E-state index in [4.69, 9.17) is 19.3 Å². The Hall–Kier alpha value is -3.75. The lowest BCUT2D eigenvalue weighted by Gasteiger charge is -2.19. The number of fused-ring (bicyclic) bond motifs is 1. The summed E-state index contributed by atoms with van der Waals surface area (Å²) in [5.74, 6) is -1.32. The van der Waals surface area contributed by atoms with E-state index in [2.05, 4.69) is 5.32 Å². The lowest BCUT2D eigenvalue weighted by Crippen LogP contribution is -2.17. The van der Waals surface area contributed by atoms with Crippen LogP contribution in [-0.2, 0) is 9.53 Å². The van der Waals surface area contributed by atoms with Crippen LogP contribution in [0.4, 0.5) is 14.9 Å². The summed E-state index contributed by atoms with van der Waals surface area (Å²) >= 11 is 0. The van der Waals surface area contributed by atoms with E-state index in [0.717, 1.165) is 12.1 Å². The van der Waals surface area contributed by atoms with Gasteiger partial charge in [-0.1, -0.05) is 12.1 Å². The van der Waals surface area contributed by atoms with Crippen molar-refractivity contribution >= 4 is 17.7 Å². The largest absolute Gasteiger partial charge is 0.505 e. The number of rotatable bonds is 8. The second-order valence-electron chi connectivity index (χ2n) is 6.47. The van der Waals surface area contributed by atoms with E-state index in [9.17, 15) is 19.1 Å². The molecule has 2 aromatic carbocycles. The zero-order chi connectivity index (χ0) is 21.5. The Morgan fingerprint density at radius 2 is 2.00 bits per heavy atom. The summed E-state index contributed by atoms with van der Waals surface area (Å²) in [7, 11) is 0. The molecular weight excluding hydrogens is 397 g/mol. The van der Waals surface area contributed by atoms with Crippen molar-refractivity contribution in [1.29, 1.82) is 0 Å². The number of ether oxygens (including phenoxy) is 3. The van der Waals surface area contributed by atoms with E-state index in [1.54, 1.807) is 18.2 Å². The smallest absolute Gasteiger partial charge is 0.412 e. The molecule has 1 amide bonds. The Labute approximate surface area is 171 Å². The second-order valence-corrected chi connectivity index (χ2v) is 6.47. The number of carboxylic acid groups (broad SMARTS) is 1. The van der Waals surface area contributed by atoms with Crippen LogP contribution in [0.5, 0.6) is 17.2 Å². The number of aliphatic carboxylic acids is 1. The van der Waals surface area contributed by atoms with E-state index >= 15 is 0 Å². The Morgan fingerprint density at radius 1 is 1.20 bits per heavy atom. The molecule has 0 fully saturated rings. The maximum absolute atomic E-state index is 13.8. The Morgan fingerprint density at radius 3 is 2.77 bits per heavy atom. The highest BCUT2D eigenvalue weighted by atomic mass is 19.1. The number of aromatic hydroxyl groups is 1. The monoisotopic (exact) mass is 417 g/mol. The van der Waals surface area contributed by atoms with Crippen LogP contribution in [0.15, 0.2) is 48.6 Å². The predicted octanol–water partition coefficient (Wildman–Crippen LogP) is 4.36. The number of hydrogen-bond acceptors (Lipinski definition) is 6. The molecule has 0 saturated carbocycles. The maximum atomic E-state index is 13.8. The summed E-state index contributed by atoms with van der Waals surface area (Å²) < 4.78 is 29.7. The Kier molecular flexibility index (Phi) is 6.74. The van der Waals surface area contributed by atoms with E-state index < -0.39 is 29.7 Å². The first-order valence-electron chi connectivity index (χ1n) is 9.17. The highest BCUT2D eigenvalue weighted by molar-refractivity contribution is 5.85. The number of benzene rings is 2. The molecule has 158 valence electrons. The molecule has 0 aromatic heterocycles. The highest BCUT2D eigenvalue weighted by Gasteiger charge is 2.20. The molecule has 0 unspecified atom stereocenters. The molecule has 1 atom stereocenters. The molecule has 1 aliphatic rings. The van der Waals surface area contributed by atoms with E-state index in [1.165, 1.54) is 18.2 Å². The van der Waals surface area contributed by atoms with Gasteiger partial charge in [-0.2, -0.15) is 0 Å². The first-order chi connectivity index (χ1) is 14.4. The number of carbonyl (C=O) groups is 2. The predicted molar refractivity (Wildman–Crippen MR) is 104 cm³/mol. The third-order valence-corrected chi connectivity index (χ3v) is 4.31. The van der Waals surface area contributed by atoms with Gasteiger partial charge in [0.1, 0.15) is 6.10 Å². The number of phenolic OH excluding ortho intramolecular Hbond substituents is 1. The van der Waals surface area contributed by atoms with Gasteiger partial charge >= 0.3 is 12.1 Å². The molecule has 3 rings (SSSR count). The van der Waals surface area contributed by atoms with Crippen LogP contribution in [0.25, 0.3) is 0 Å². The number of hydrogen-bond donors (Lipinski definition) is 3. The van der Waals surface area contributed by atoms with Gasteiger partial charge in [-0.3, -0.25) is 5.32 Å². The van der Waals surface area contributed by atoms with E-state index in [0.29, 0.717) is 42.0 Å². The minimum atomic E-state index is -1.05. The van der Waals surface area contributed by atoms with Crippen molar-refractivity contribution in [3.05, 3.63) is 59.9 Å². The molecular formula is C21H20FNO7. The highest BCUT2D eigenvalue weighted by Crippen LogP contribution is 2.34. The van der Waals surface area contributed by atoms with Crippen molar-refractivity contribution < 1.29 is 38.4 Å². The number of halogens is 1. The zero-order valence-electron chi connectivity index (χ0n) is 15.8. The van der Waals surface area contributed by atoms with E-state index in [-0.39, 0.29) is 6.79 Å². The summed E-state index contributed by atoms with van der Waals surface area (Å²) in [4.78, 5) is 22.9. The van der Waals surface area contributed by atoms with Gasteiger partial charge in [-0.15, -0.1) is 0 Å². The Balaban J connectivity index is 1.66. The van der Waals surface area contributed by atoms with Gasteiger partial charge in [0.05, 0.1) is 0 Å². The molecule has 8 nitrogen and oxygen atoms in total. The lowest BCUT2D eigenvalue weighted by molar-refractivity contribution is -0.131. The summed E-state index contributed by atoms with van der Waals surface area (Å²) in [6.07, 6.45) is 2.22. The van der Waals surface area contributed by atoms with Gasteiger partial charge in [0.2, 0.25) is 6.79 Å². The molecule has 0 spiro atoms. The number of nitrogens with one attached hydrogen (secondary N) is 1. The molecule has 30 heavy (non-hydrogen) atoms. The molecule has 1 aliphatic heterocycles. The van der Waals surface area contributed by atoms with Crippen molar-refractivity contribution in [3.63, 3.8) is 0 Å². The number of carboxylic acids is 1. The fourth-order valence-corrected chi connectivity index (χ4v) is 2.87. The molecule has 2 aromatic rings. The first-order valence-corrected chi connectivity index (χ1v) is 9.17. The summed E-state index contributed by atoms with van der Waals surface area (Å²) in [6, 6.07) is 8.61. The van der Waals surface area contributed by atoms with Gasteiger partial charge < -0.3 is 24.4 Å². The van der Waals surface area contributed by atoms with Crippen molar-refractivity contribution in [1.82, 2.24) is 0 Å². The van der Waals surface area contributed by atoms with Crippen molar-refractivity contribution in [3.8, 4) is 17.2 Å². The number of amides is 1. The SMILES string of the molecule is O=C(O)/C=C/CCC[C@@H](OC(=O)Nc1ccc2c(c1)OCO2)c1ccc(O)c(F)c1. The average Bonchev–Trinajstić information content (AvgIpc) is 3.16. The topological polar surface area (TPSA) is 114 Å². The maximum Gasteiger partial charge on any atom is 0.412 e. The lowest BCUT2D eigenvalue weighted by atomic mass is 10.0. The normalized spacial score (nSPS) is 13.2. The van der Waals surface area contributed by atoms with Crippen molar-refractivity contribution in [2.75, 3.05) is 12.1 Å². The van der Waals surface area contributed by atoms with Gasteiger partial charge in [-0.25, -0.2) is 14.0 Å². The fraction of sp³-hybridized carbons (Fsp3) is 0.238. The number of unbranched alkanes of at least 4 members (excludes halogenated alkanes) is 1. The van der Waals surface area contributed by atoms with Crippen LogP contribution in [0.1, 0.15) is 30.9 Å². The number of anilines is 1. The van der Waals surface area contributed by atoms with Crippen LogP contribution in [-0.4, -0.2) is 29.1 Å². The molecule has 1 heterocycles. The quantitative estimate of drug-likeness (QED) is 0.432. The van der Waals surface area contributed by atoms with Crippen LogP contribution < -0.4 is 14.8 Å². The Bertz CT molecular complexity index is 960. The summed E-state index contributed by atoms with van der Waals surface area (Å²) in [6.45, 7) is 0.105. The van der Waals surface area contributed by atoms with Gasteiger partial charge in [0.25, 0.3) is 0 Å². The molecule has 0 aliphatic carbocycles. The summed E-state index contributed by atoms with van der Waals surface area (Å²) in [5, 5.41) is 20.6. The number of allylic oxidation sites excluding steroid dienone is 1. The number of carbonyl (C=O) groups excluding carboxylic acids is 1. The van der Waals surface area contributed by atoms with Gasteiger partial charge in [-0.05, 0) is 49.1 Å². The molecule has 0 bridgehead atoms. The minimum absolute atomic E-state index is 0.105. The van der Waals surface area contributed by atoms with Crippen LogP contribution >= 0.6 is 0 Å². The van der Waals surface area contributed by atoms with Gasteiger partial charge in [0.15, 0.2) is 23.1 Å². The molecule has 9 heteroatoms. The standard InChI is InChI=1S/C21H20FNO7/c22-15-10-13(6-8-16(15)24)17(4-2-1-3-5-20(25)26)30-21(27)23-14-7-9-18-19(11-14)29-12-28-18/h3,5-11,17,24H,1-2,4,12H2,(H,23,27)(H,25,26)/b5-3+/t17-/m1/s1. The van der Waals surface area contributed by atoms with Gasteiger partial charge in [0, 0.05) is 17.8 Å². The van der Waals surface area contributed by atoms with Crippen LogP contribution in [0.2, 0.25) is 0 Å². The van der Waals surface area contributed by atoms with Crippen LogP contribution in [0.3, 0.4) is 0 Å². The van der Waals surface area contributed by atoms with Crippen LogP contribution in [0, 0.1) is 5.82 Å². The van der Waals surface area contributed by atoms with Crippen molar-refractivity contribution in [2.45, 2.75) is 25.4 Å². The zero-order valence-corrected chi connectivity index (χ0v) is 15.8. The fourth-order valence-electron chi connectivity index (χ4n) is 2.87. The number of phenols is 1. The minimum Gasteiger partial charge on any atom is -0.505 e. The van der Waals surface area contributed by atoms with E-state index in [1.807, 2.05) is 0 Å². The molecule has 0 radical (unpaired) electrons. The average molecular weight is 417 g/mol. The third-order valence-electron chi connectivity index (χ3n) is 4.31. The molecule has 0 saturated heterocycles. The third kappa shape index (κ3) is 5.63. The summed E-state index contributed by atoms with van der Waals surface area (Å²) in [5.41, 5.74) is 0.803. The van der Waals surface area contributed by atoms with Crippen molar-refractivity contribution in [2.24, 2.45) is 0 Å².